The molecule has 5 nitrogen and oxygen atoms in total. The summed E-state index contributed by atoms with van der Waals surface area (Å²) in [6, 6.07) is 2.18. The van der Waals surface area contributed by atoms with Gasteiger partial charge in [0.2, 0.25) is 5.91 Å². The number of carboxylic acids is 1. The minimum absolute atomic E-state index is 0.525. The maximum absolute atomic E-state index is 11.7. The van der Waals surface area contributed by atoms with Crippen molar-refractivity contribution in [2.45, 2.75) is 38.5 Å². The minimum atomic E-state index is -1.18. The van der Waals surface area contributed by atoms with Gasteiger partial charge in [-0.1, -0.05) is 12.8 Å². The Bertz CT molecular complexity index is 626. The summed E-state index contributed by atoms with van der Waals surface area (Å²) >= 11 is 1.44. The molecule has 110 valence electrons. The molecule has 1 aromatic rings. The van der Waals surface area contributed by atoms with E-state index < -0.39 is 11.9 Å². The molecule has 0 spiro atoms. The Morgan fingerprint density at radius 1 is 1.19 bits per heavy atom. The average Bonchev–Trinajstić information content (AvgIpc) is 2.72. The lowest BCUT2D eigenvalue weighted by Gasteiger charge is -2.08. The Labute approximate surface area is 126 Å². The molecule has 0 saturated carbocycles. The second-order valence-electron chi connectivity index (χ2n) is 4.89. The van der Waals surface area contributed by atoms with E-state index in [0.29, 0.717) is 10.6 Å². The Balaban J connectivity index is 2.24. The largest absolute Gasteiger partial charge is 0.478 e. The van der Waals surface area contributed by atoms with Crippen LogP contribution >= 0.6 is 11.3 Å². The zero-order valence-corrected chi connectivity index (χ0v) is 12.3. The van der Waals surface area contributed by atoms with Crippen LogP contribution in [0.2, 0.25) is 0 Å². The highest BCUT2D eigenvalue weighted by Crippen LogP contribution is 2.36. The number of carbonyl (C=O) groups is 2. The summed E-state index contributed by atoms with van der Waals surface area (Å²) in [4.78, 5) is 23.2. The van der Waals surface area contributed by atoms with Gasteiger partial charge in [0.15, 0.2) is 0 Å². The number of rotatable bonds is 3. The quantitative estimate of drug-likeness (QED) is 0.840. The van der Waals surface area contributed by atoms with Gasteiger partial charge in [-0.25, -0.2) is 4.79 Å². The van der Waals surface area contributed by atoms with E-state index in [1.165, 1.54) is 29.1 Å². The van der Waals surface area contributed by atoms with Crippen molar-refractivity contribution in [1.29, 1.82) is 5.26 Å². The second kappa shape index (κ2) is 7.04. The smallest absolute Gasteiger partial charge is 0.328 e. The second-order valence-corrected chi connectivity index (χ2v) is 6.00. The summed E-state index contributed by atoms with van der Waals surface area (Å²) in [5.41, 5.74) is 1.59. The normalized spacial score (nSPS) is 14.8. The van der Waals surface area contributed by atoms with Gasteiger partial charge >= 0.3 is 5.97 Å². The maximum Gasteiger partial charge on any atom is 0.328 e. The van der Waals surface area contributed by atoms with Crippen LogP contribution in [0.1, 0.15) is 41.7 Å². The van der Waals surface area contributed by atoms with Crippen LogP contribution in [-0.2, 0) is 22.4 Å². The van der Waals surface area contributed by atoms with Crippen molar-refractivity contribution < 1.29 is 14.7 Å². The van der Waals surface area contributed by atoms with E-state index in [1.807, 2.05) is 0 Å². The molecule has 0 aromatic carbocycles. The Hall–Kier alpha value is -2.13. The topological polar surface area (TPSA) is 90.2 Å². The molecule has 2 rings (SSSR count). The minimum Gasteiger partial charge on any atom is -0.478 e. The highest BCUT2D eigenvalue weighted by molar-refractivity contribution is 7.16. The van der Waals surface area contributed by atoms with E-state index >= 15 is 0 Å². The van der Waals surface area contributed by atoms with E-state index in [1.54, 1.807) is 0 Å². The summed E-state index contributed by atoms with van der Waals surface area (Å²) in [6.45, 7) is 0. The van der Waals surface area contributed by atoms with Crippen molar-refractivity contribution >= 4 is 28.2 Å². The molecule has 0 unspecified atom stereocenters. The molecule has 1 amide bonds. The molecule has 1 heterocycles. The predicted octanol–water partition coefficient (Wildman–Crippen LogP) is 2.86. The zero-order valence-electron chi connectivity index (χ0n) is 11.5. The molecule has 0 bridgehead atoms. The molecule has 2 N–H and O–H groups in total. The predicted molar refractivity (Wildman–Crippen MR) is 80.3 cm³/mol. The lowest BCUT2D eigenvalue weighted by atomic mass is 9.97. The first-order valence-corrected chi connectivity index (χ1v) is 7.70. The van der Waals surface area contributed by atoms with Crippen LogP contribution in [0.3, 0.4) is 0 Å². The van der Waals surface area contributed by atoms with Gasteiger partial charge in [-0.05, 0) is 31.2 Å². The lowest BCUT2D eigenvalue weighted by molar-refractivity contribution is -0.131. The van der Waals surface area contributed by atoms with E-state index in [2.05, 4.69) is 11.4 Å². The maximum atomic E-state index is 11.7. The highest BCUT2D eigenvalue weighted by atomic mass is 32.1. The summed E-state index contributed by atoms with van der Waals surface area (Å²) < 4.78 is 0. The van der Waals surface area contributed by atoms with Crippen molar-refractivity contribution in [2.24, 2.45) is 0 Å². The van der Waals surface area contributed by atoms with Gasteiger partial charge in [-0.15, -0.1) is 11.3 Å². The number of thiophene rings is 1. The fourth-order valence-corrected chi connectivity index (χ4v) is 3.67. The summed E-state index contributed by atoms with van der Waals surface area (Å²) in [6.07, 6.45) is 8.08. The van der Waals surface area contributed by atoms with Crippen LogP contribution in [0.4, 0.5) is 5.00 Å². The van der Waals surface area contributed by atoms with Gasteiger partial charge in [0.1, 0.15) is 11.1 Å². The van der Waals surface area contributed by atoms with Gasteiger partial charge in [0.25, 0.3) is 0 Å². The van der Waals surface area contributed by atoms with Crippen LogP contribution in [0.5, 0.6) is 0 Å². The molecule has 0 fully saturated rings. The van der Waals surface area contributed by atoms with Crippen LogP contribution in [0.15, 0.2) is 12.2 Å². The zero-order chi connectivity index (χ0) is 15.2. The number of hydrogen-bond donors (Lipinski definition) is 2. The number of hydrogen-bond acceptors (Lipinski definition) is 4. The first-order valence-electron chi connectivity index (χ1n) is 6.88. The van der Waals surface area contributed by atoms with Gasteiger partial charge in [-0.3, -0.25) is 4.79 Å². The Kier molecular flexibility index (Phi) is 5.12. The van der Waals surface area contributed by atoms with Crippen LogP contribution < -0.4 is 5.32 Å². The molecular formula is C15H16N2O3S. The molecular weight excluding hydrogens is 288 g/mol. The first kappa shape index (κ1) is 15.3. The lowest BCUT2D eigenvalue weighted by Crippen LogP contribution is -2.08. The third-order valence-electron chi connectivity index (χ3n) is 3.40. The standard InChI is InChI=1S/C15H16N2O3S/c16-9-11-10-5-3-1-2-4-6-12(10)21-15(11)17-13(18)7-8-14(19)20/h7-8H,1-6H2,(H,17,18)(H,19,20)/b8-7+. The highest BCUT2D eigenvalue weighted by Gasteiger charge is 2.19. The van der Waals surface area contributed by atoms with Crippen LogP contribution in [0.25, 0.3) is 0 Å². The third kappa shape index (κ3) is 3.92. The summed E-state index contributed by atoms with van der Waals surface area (Å²) in [5.74, 6) is -1.70. The van der Waals surface area contributed by atoms with Crippen molar-refractivity contribution in [2.75, 3.05) is 5.32 Å². The molecule has 1 aliphatic rings. The summed E-state index contributed by atoms with van der Waals surface area (Å²) in [7, 11) is 0. The number of nitrogens with one attached hydrogen (secondary N) is 1. The molecule has 0 aliphatic heterocycles. The molecule has 0 radical (unpaired) electrons. The van der Waals surface area contributed by atoms with Crippen LogP contribution in [-0.4, -0.2) is 17.0 Å². The fraction of sp³-hybridized carbons (Fsp3) is 0.400. The van der Waals surface area contributed by atoms with Crippen molar-refractivity contribution in [3.8, 4) is 6.07 Å². The number of nitriles is 1. The fourth-order valence-electron chi connectivity index (χ4n) is 2.43. The van der Waals surface area contributed by atoms with E-state index in [9.17, 15) is 14.9 Å². The molecule has 1 aromatic heterocycles. The van der Waals surface area contributed by atoms with Crippen LogP contribution in [0, 0.1) is 11.3 Å². The number of carbonyl (C=O) groups excluding carboxylic acids is 1. The van der Waals surface area contributed by atoms with Gasteiger partial charge in [0, 0.05) is 17.0 Å². The molecule has 1 aliphatic carbocycles. The first-order chi connectivity index (χ1) is 10.1. The van der Waals surface area contributed by atoms with E-state index in [-0.39, 0.29) is 0 Å². The van der Waals surface area contributed by atoms with Crippen molar-refractivity contribution in [3.05, 3.63) is 28.2 Å². The number of nitrogens with zero attached hydrogens (tertiary/aromatic N) is 1. The van der Waals surface area contributed by atoms with Crippen molar-refractivity contribution in [1.82, 2.24) is 0 Å². The number of amides is 1. The number of fused-ring (bicyclic) bond motifs is 1. The van der Waals surface area contributed by atoms with Gasteiger partial charge in [0.05, 0.1) is 5.56 Å². The SMILES string of the molecule is N#Cc1c(NC(=O)/C=C/C(=O)O)sc2c1CCCCCC2. The number of aliphatic carboxylic acids is 1. The number of anilines is 1. The third-order valence-corrected chi connectivity index (χ3v) is 4.60. The number of carboxylic acid groups (broad SMARTS) is 1. The average molecular weight is 304 g/mol. The van der Waals surface area contributed by atoms with Gasteiger partial charge < -0.3 is 10.4 Å². The van der Waals surface area contributed by atoms with Gasteiger partial charge in [-0.2, -0.15) is 5.26 Å². The Morgan fingerprint density at radius 2 is 1.90 bits per heavy atom. The number of aryl methyl sites for hydroxylation is 1. The van der Waals surface area contributed by atoms with Crippen molar-refractivity contribution in [3.63, 3.8) is 0 Å². The van der Waals surface area contributed by atoms with E-state index in [4.69, 9.17) is 5.11 Å². The van der Waals surface area contributed by atoms with E-state index in [0.717, 1.165) is 43.4 Å². The molecule has 0 atom stereocenters. The molecule has 0 saturated heterocycles. The summed E-state index contributed by atoms with van der Waals surface area (Å²) in [5, 5.41) is 21.0. The molecule has 21 heavy (non-hydrogen) atoms. The Morgan fingerprint density at radius 3 is 2.57 bits per heavy atom. The molecule has 6 heteroatoms. The monoisotopic (exact) mass is 304 g/mol.